The third kappa shape index (κ3) is 4.17. The molecule has 0 unspecified atom stereocenters. The Morgan fingerprint density at radius 2 is 0.833 bits per heavy atom. The van der Waals surface area contributed by atoms with Gasteiger partial charge in [-0.2, -0.15) is 0 Å². The van der Waals surface area contributed by atoms with Crippen molar-refractivity contribution in [3.8, 4) is 11.1 Å². The Labute approximate surface area is 311 Å². The Morgan fingerprint density at radius 3 is 1.52 bits per heavy atom. The molecule has 11 aromatic carbocycles. The largest absolute Gasteiger partial charge is 0.454 e. The zero-order valence-electron chi connectivity index (χ0n) is 29.3. The molecule has 2 heteroatoms. The van der Waals surface area contributed by atoms with Gasteiger partial charge in [-0.25, -0.2) is 0 Å². The van der Waals surface area contributed by atoms with E-state index in [-0.39, 0.29) is 0 Å². The molecule has 12 aromatic rings. The highest BCUT2D eigenvalue weighted by Gasteiger charge is 2.22. The lowest BCUT2D eigenvalue weighted by atomic mass is 9.87. The van der Waals surface area contributed by atoms with Gasteiger partial charge in [-0.05, 0) is 112 Å². The second-order valence-corrected chi connectivity index (χ2v) is 14.4. The van der Waals surface area contributed by atoms with E-state index in [9.17, 15) is 0 Å². The molecule has 12 rings (SSSR count). The van der Waals surface area contributed by atoms with E-state index in [2.05, 4.69) is 187 Å². The third-order valence-corrected chi connectivity index (χ3v) is 11.5. The quantitative estimate of drug-likeness (QED) is 0.172. The number of fused-ring (bicyclic) bond motifs is 5. The second kappa shape index (κ2) is 11.2. The lowest BCUT2D eigenvalue weighted by Crippen LogP contribution is -2.10. The van der Waals surface area contributed by atoms with Crippen LogP contribution in [0.4, 0.5) is 17.1 Å². The van der Waals surface area contributed by atoms with E-state index in [0.717, 1.165) is 39.0 Å². The maximum atomic E-state index is 6.73. The van der Waals surface area contributed by atoms with Crippen LogP contribution in [0.25, 0.3) is 97.7 Å². The average molecular weight is 686 g/mol. The molecule has 54 heavy (non-hydrogen) atoms. The van der Waals surface area contributed by atoms with E-state index in [0.29, 0.717) is 0 Å². The maximum Gasteiger partial charge on any atom is 0.159 e. The number of furan rings is 1. The molecule has 0 atom stereocenters. The molecule has 0 spiro atoms. The van der Waals surface area contributed by atoms with E-state index < -0.39 is 0 Å². The molecule has 0 bridgehead atoms. The van der Waals surface area contributed by atoms with Crippen LogP contribution < -0.4 is 4.90 Å². The highest BCUT2D eigenvalue weighted by atomic mass is 16.3. The van der Waals surface area contributed by atoms with Crippen molar-refractivity contribution in [2.24, 2.45) is 0 Å². The molecule has 0 aliphatic heterocycles. The van der Waals surface area contributed by atoms with Gasteiger partial charge in [0.25, 0.3) is 0 Å². The van der Waals surface area contributed by atoms with Crippen LogP contribution in [0.3, 0.4) is 0 Å². The minimum absolute atomic E-state index is 0.871. The first-order chi connectivity index (χ1) is 26.8. The minimum atomic E-state index is 0.871. The predicted molar refractivity (Wildman–Crippen MR) is 230 cm³/mol. The smallest absolute Gasteiger partial charge is 0.159 e. The van der Waals surface area contributed by atoms with E-state index in [1.165, 1.54) is 75.8 Å². The highest BCUT2D eigenvalue weighted by molar-refractivity contribution is 6.37. The Hall–Kier alpha value is -7.16. The van der Waals surface area contributed by atoms with Gasteiger partial charge in [-0.1, -0.05) is 152 Å². The summed E-state index contributed by atoms with van der Waals surface area (Å²) in [6.45, 7) is 0. The van der Waals surface area contributed by atoms with E-state index >= 15 is 0 Å². The maximum absolute atomic E-state index is 6.73. The fourth-order valence-corrected chi connectivity index (χ4v) is 9.17. The highest BCUT2D eigenvalue weighted by Crippen LogP contribution is 2.48. The molecule has 0 saturated heterocycles. The van der Waals surface area contributed by atoms with Crippen LogP contribution in [-0.4, -0.2) is 0 Å². The van der Waals surface area contributed by atoms with Crippen molar-refractivity contribution in [1.29, 1.82) is 0 Å². The van der Waals surface area contributed by atoms with Crippen molar-refractivity contribution in [2.45, 2.75) is 0 Å². The molecule has 0 aliphatic carbocycles. The van der Waals surface area contributed by atoms with E-state index in [1.807, 2.05) is 6.07 Å². The van der Waals surface area contributed by atoms with Gasteiger partial charge < -0.3 is 9.32 Å². The van der Waals surface area contributed by atoms with Gasteiger partial charge in [-0.3, -0.25) is 0 Å². The number of hydrogen-bond acceptors (Lipinski definition) is 2. The number of rotatable bonds is 4. The molecule has 0 fully saturated rings. The molecular formula is C52H31NO. The van der Waals surface area contributed by atoms with Crippen LogP contribution in [0.2, 0.25) is 0 Å². The fraction of sp³-hybridized carbons (Fsp3) is 0. The van der Waals surface area contributed by atoms with Crippen molar-refractivity contribution in [1.82, 2.24) is 0 Å². The number of hydrogen-bond donors (Lipinski definition) is 0. The monoisotopic (exact) mass is 685 g/mol. The van der Waals surface area contributed by atoms with Crippen molar-refractivity contribution >= 4 is 104 Å². The topological polar surface area (TPSA) is 16.4 Å². The predicted octanol–water partition coefficient (Wildman–Crippen LogP) is 15.1. The summed E-state index contributed by atoms with van der Waals surface area (Å²) in [5, 5.41) is 17.4. The molecular weight excluding hydrogens is 655 g/mol. The summed E-state index contributed by atoms with van der Waals surface area (Å²) in [7, 11) is 0. The molecule has 0 saturated carbocycles. The number of nitrogens with zero attached hydrogens (tertiary/aromatic N) is 1. The van der Waals surface area contributed by atoms with Crippen LogP contribution >= 0.6 is 0 Å². The summed E-state index contributed by atoms with van der Waals surface area (Å²) in [4.78, 5) is 2.39. The van der Waals surface area contributed by atoms with Crippen molar-refractivity contribution in [3.05, 3.63) is 188 Å². The van der Waals surface area contributed by atoms with Crippen LogP contribution in [-0.2, 0) is 0 Å². The summed E-state index contributed by atoms with van der Waals surface area (Å²) < 4.78 is 6.73. The summed E-state index contributed by atoms with van der Waals surface area (Å²) in [5.41, 5.74) is 7.27. The summed E-state index contributed by atoms with van der Waals surface area (Å²) in [5.74, 6) is 0. The van der Waals surface area contributed by atoms with Crippen molar-refractivity contribution in [3.63, 3.8) is 0 Å². The lowest BCUT2D eigenvalue weighted by molar-refractivity contribution is 0.669. The Kier molecular flexibility index (Phi) is 6.09. The van der Waals surface area contributed by atoms with Crippen LogP contribution in [0, 0.1) is 0 Å². The Morgan fingerprint density at radius 1 is 0.315 bits per heavy atom. The standard InChI is InChI=1S/C52H31NO/c1-2-10-32(11-3-1)33-26-28-38(29-27-33)53(46-20-9-19-44-40-15-4-5-21-47(40)54-52(44)46)39-30-37-25-24-36-13-7-17-42-41-16-6-12-34-22-23-35-14-8-18-43(50(35)48(34)41)45(31-39)51(37)49(36)42/h1-31H. The van der Waals surface area contributed by atoms with Gasteiger partial charge in [0, 0.05) is 22.1 Å². The molecule has 2 nitrogen and oxygen atoms in total. The molecule has 1 heterocycles. The van der Waals surface area contributed by atoms with Crippen LogP contribution in [0.5, 0.6) is 0 Å². The van der Waals surface area contributed by atoms with Gasteiger partial charge >= 0.3 is 0 Å². The van der Waals surface area contributed by atoms with Crippen molar-refractivity contribution in [2.75, 3.05) is 4.90 Å². The Bertz CT molecular complexity index is 3430. The van der Waals surface area contributed by atoms with Gasteiger partial charge in [0.2, 0.25) is 0 Å². The average Bonchev–Trinajstić information content (AvgIpc) is 3.62. The summed E-state index contributed by atoms with van der Waals surface area (Å²) in [6.07, 6.45) is 0. The Balaban J connectivity index is 1.23. The van der Waals surface area contributed by atoms with Crippen LogP contribution in [0.1, 0.15) is 0 Å². The fourth-order valence-electron chi connectivity index (χ4n) is 9.17. The lowest BCUT2D eigenvalue weighted by Gasteiger charge is -2.27. The first kappa shape index (κ1) is 29.4. The SMILES string of the molecule is c1ccc(-c2ccc(N(c3cc4ccc5cccc6c7cccc8ccc9cccc(c(c3)c4c56)c9c87)c3cccc4c3oc3ccccc34)cc2)cc1. The summed E-state index contributed by atoms with van der Waals surface area (Å²) >= 11 is 0. The number of para-hydroxylation sites is 2. The third-order valence-electron chi connectivity index (χ3n) is 11.5. The van der Waals surface area contributed by atoms with Crippen molar-refractivity contribution < 1.29 is 4.42 Å². The van der Waals surface area contributed by atoms with E-state index in [4.69, 9.17) is 4.42 Å². The number of anilines is 3. The van der Waals surface area contributed by atoms with Gasteiger partial charge in [0.05, 0.1) is 5.69 Å². The molecule has 1 aromatic heterocycles. The molecule has 0 radical (unpaired) electrons. The molecule has 0 N–H and O–H groups in total. The van der Waals surface area contributed by atoms with Crippen LogP contribution in [0.15, 0.2) is 192 Å². The second-order valence-electron chi connectivity index (χ2n) is 14.4. The first-order valence-corrected chi connectivity index (χ1v) is 18.6. The zero-order valence-corrected chi connectivity index (χ0v) is 29.3. The minimum Gasteiger partial charge on any atom is -0.454 e. The first-order valence-electron chi connectivity index (χ1n) is 18.6. The molecule has 0 amide bonds. The van der Waals surface area contributed by atoms with E-state index in [1.54, 1.807) is 0 Å². The number of benzene rings is 10. The zero-order chi connectivity index (χ0) is 35.3. The summed E-state index contributed by atoms with van der Waals surface area (Å²) in [6, 6.07) is 68.7. The molecule has 0 aliphatic rings. The normalized spacial score (nSPS) is 12.1. The van der Waals surface area contributed by atoms with Gasteiger partial charge in [-0.15, -0.1) is 0 Å². The van der Waals surface area contributed by atoms with Gasteiger partial charge in [0.15, 0.2) is 5.58 Å². The van der Waals surface area contributed by atoms with Gasteiger partial charge in [0.1, 0.15) is 5.58 Å². The molecule has 250 valence electrons.